The van der Waals surface area contributed by atoms with Gasteiger partial charge in [-0.2, -0.15) is 0 Å². The van der Waals surface area contributed by atoms with Gasteiger partial charge in [0.15, 0.2) is 12.4 Å². The molecule has 0 atom stereocenters. The minimum Gasteiger partial charge on any atom is -0.442 e. The number of methoxy groups -OCH3 is 1. The molecule has 0 rings (SSSR count). The highest BCUT2D eigenvalue weighted by atomic mass is 16.5. The minimum atomic E-state index is -0.954. The van der Waals surface area contributed by atoms with Gasteiger partial charge in [-0.3, -0.25) is 4.79 Å². The Hall–Kier alpha value is -1.10. The van der Waals surface area contributed by atoms with Crippen LogP contribution in [0.4, 0.5) is 4.79 Å². The molecule has 5 nitrogen and oxygen atoms in total. The molecule has 0 radical (unpaired) electrons. The van der Waals surface area contributed by atoms with Crippen LogP contribution < -0.4 is 5.73 Å². The molecule has 58 valence electrons. The normalized spacial score (nSPS) is 8.90. The van der Waals surface area contributed by atoms with Gasteiger partial charge < -0.3 is 15.2 Å². The second-order valence-corrected chi connectivity index (χ2v) is 1.58. The van der Waals surface area contributed by atoms with Crippen LogP contribution in [0.3, 0.4) is 0 Å². The Morgan fingerprint density at radius 3 is 2.40 bits per heavy atom. The number of amides is 1. The Balaban J connectivity index is 3.30. The van der Waals surface area contributed by atoms with E-state index in [1.165, 1.54) is 7.11 Å². The fourth-order valence-corrected chi connectivity index (χ4v) is 0.354. The Kier molecular flexibility index (Phi) is 4.23. The molecule has 0 saturated carbocycles. The number of carbonyl (C=O) groups is 2. The van der Waals surface area contributed by atoms with E-state index < -0.39 is 6.09 Å². The van der Waals surface area contributed by atoms with Gasteiger partial charge in [-0.25, -0.2) is 4.79 Å². The molecule has 0 heterocycles. The zero-order chi connectivity index (χ0) is 7.98. The van der Waals surface area contributed by atoms with Crippen LogP contribution in [0.15, 0.2) is 0 Å². The molecule has 0 unspecified atom stereocenters. The van der Waals surface area contributed by atoms with Crippen molar-refractivity contribution in [2.24, 2.45) is 5.73 Å². The number of hydrogen-bond donors (Lipinski definition) is 1. The van der Waals surface area contributed by atoms with E-state index in [1.807, 2.05) is 0 Å². The van der Waals surface area contributed by atoms with Crippen LogP contribution >= 0.6 is 0 Å². The first-order valence-electron chi connectivity index (χ1n) is 2.59. The van der Waals surface area contributed by atoms with E-state index >= 15 is 0 Å². The van der Waals surface area contributed by atoms with Gasteiger partial charge in [-0.1, -0.05) is 0 Å². The number of ketones is 1. The molecule has 2 N–H and O–H groups in total. The maximum atomic E-state index is 10.5. The van der Waals surface area contributed by atoms with Crippen molar-refractivity contribution in [1.82, 2.24) is 0 Å². The molecule has 0 aliphatic carbocycles. The molecule has 0 aromatic rings. The maximum Gasteiger partial charge on any atom is 0.404 e. The third-order valence-electron chi connectivity index (χ3n) is 0.681. The van der Waals surface area contributed by atoms with Gasteiger partial charge in [-0.05, 0) is 0 Å². The van der Waals surface area contributed by atoms with Crippen LogP contribution in [0.5, 0.6) is 0 Å². The number of nitrogens with two attached hydrogens (primary N) is 1. The second-order valence-electron chi connectivity index (χ2n) is 1.58. The maximum absolute atomic E-state index is 10.5. The molecule has 0 aliphatic rings. The molecule has 0 aromatic carbocycles. The summed E-state index contributed by atoms with van der Waals surface area (Å²) in [6, 6.07) is 0. The number of carbonyl (C=O) groups excluding carboxylic acids is 2. The molecule has 10 heavy (non-hydrogen) atoms. The SMILES string of the molecule is COCC(=O)COC(N)=O. The average Bonchev–Trinajstić information content (AvgIpc) is 1.85. The second kappa shape index (κ2) is 4.75. The number of primary amides is 1. The van der Waals surface area contributed by atoms with Crippen molar-refractivity contribution in [3.8, 4) is 0 Å². The quantitative estimate of drug-likeness (QED) is 0.570. The van der Waals surface area contributed by atoms with Gasteiger partial charge in [-0.15, -0.1) is 0 Å². The van der Waals surface area contributed by atoms with E-state index in [4.69, 9.17) is 0 Å². The average molecular weight is 147 g/mol. The van der Waals surface area contributed by atoms with Crippen molar-refractivity contribution in [2.45, 2.75) is 0 Å². The van der Waals surface area contributed by atoms with E-state index in [-0.39, 0.29) is 19.0 Å². The van der Waals surface area contributed by atoms with Gasteiger partial charge in [0.05, 0.1) is 0 Å². The van der Waals surface area contributed by atoms with Gasteiger partial charge in [0.1, 0.15) is 6.61 Å². The lowest BCUT2D eigenvalue weighted by Gasteiger charge is -1.98. The molecule has 0 bridgehead atoms. The van der Waals surface area contributed by atoms with Crippen molar-refractivity contribution in [2.75, 3.05) is 20.3 Å². The summed E-state index contributed by atoms with van der Waals surface area (Å²) < 4.78 is 8.62. The predicted molar refractivity (Wildman–Crippen MR) is 32.4 cm³/mol. The van der Waals surface area contributed by atoms with Gasteiger partial charge in [0, 0.05) is 7.11 Å². The highest BCUT2D eigenvalue weighted by Crippen LogP contribution is 1.77. The highest BCUT2D eigenvalue weighted by Gasteiger charge is 2.02. The van der Waals surface area contributed by atoms with Crippen LogP contribution in [-0.2, 0) is 14.3 Å². The van der Waals surface area contributed by atoms with Crippen molar-refractivity contribution >= 4 is 11.9 Å². The molecule has 0 aliphatic heterocycles. The Labute approximate surface area is 58.1 Å². The molecule has 0 fully saturated rings. The van der Waals surface area contributed by atoms with Crippen molar-refractivity contribution in [1.29, 1.82) is 0 Å². The molecular weight excluding hydrogens is 138 g/mol. The first-order chi connectivity index (χ1) is 4.66. The van der Waals surface area contributed by atoms with Crippen molar-refractivity contribution in [3.63, 3.8) is 0 Å². The van der Waals surface area contributed by atoms with Crippen LogP contribution in [0.2, 0.25) is 0 Å². The fraction of sp³-hybridized carbons (Fsp3) is 0.600. The number of ether oxygens (including phenoxy) is 2. The lowest BCUT2D eigenvalue weighted by molar-refractivity contribution is -0.125. The summed E-state index contributed by atoms with van der Waals surface area (Å²) in [4.78, 5) is 20.4. The smallest absolute Gasteiger partial charge is 0.404 e. The third-order valence-corrected chi connectivity index (χ3v) is 0.681. The van der Waals surface area contributed by atoms with Crippen LogP contribution in [0.25, 0.3) is 0 Å². The summed E-state index contributed by atoms with van der Waals surface area (Å²) in [5.41, 5.74) is 4.58. The van der Waals surface area contributed by atoms with Crippen molar-refractivity contribution < 1.29 is 19.1 Å². The first kappa shape index (κ1) is 8.90. The van der Waals surface area contributed by atoms with Gasteiger partial charge in [0.2, 0.25) is 0 Å². The van der Waals surface area contributed by atoms with Crippen LogP contribution in [0, 0.1) is 0 Å². The summed E-state index contributed by atoms with van der Waals surface area (Å²) >= 11 is 0. The predicted octanol–water partition coefficient (Wildman–Crippen LogP) is -0.703. The van der Waals surface area contributed by atoms with E-state index in [9.17, 15) is 9.59 Å². The van der Waals surface area contributed by atoms with Crippen LogP contribution in [-0.4, -0.2) is 32.2 Å². The Bertz CT molecular complexity index is 134. The molecule has 0 spiro atoms. The van der Waals surface area contributed by atoms with Crippen molar-refractivity contribution in [3.05, 3.63) is 0 Å². The zero-order valence-electron chi connectivity index (χ0n) is 5.62. The summed E-state index contributed by atoms with van der Waals surface area (Å²) in [7, 11) is 1.38. The zero-order valence-corrected chi connectivity index (χ0v) is 5.62. The number of Topliss-reactive ketones (excluding diaryl/α,β-unsaturated/α-hetero) is 1. The summed E-state index contributed by atoms with van der Waals surface area (Å²) in [6.45, 7) is -0.379. The highest BCUT2D eigenvalue weighted by molar-refractivity contribution is 5.82. The summed E-state index contributed by atoms with van der Waals surface area (Å²) in [5, 5.41) is 0. The Morgan fingerprint density at radius 1 is 1.40 bits per heavy atom. The summed E-state index contributed by atoms with van der Waals surface area (Å²) in [5.74, 6) is -0.318. The standard InChI is InChI=1S/C5H9NO4/c1-9-2-4(7)3-10-5(6)8/h2-3H2,1H3,(H2,6,8). The van der Waals surface area contributed by atoms with E-state index in [2.05, 4.69) is 15.2 Å². The molecular formula is C5H9NO4. The van der Waals surface area contributed by atoms with Gasteiger partial charge >= 0.3 is 6.09 Å². The Morgan fingerprint density at radius 2 is 2.00 bits per heavy atom. The topological polar surface area (TPSA) is 78.6 Å². The van der Waals surface area contributed by atoms with Gasteiger partial charge in [0.25, 0.3) is 0 Å². The van der Waals surface area contributed by atoms with Crippen LogP contribution in [0.1, 0.15) is 0 Å². The van der Waals surface area contributed by atoms with E-state index in [1.54, 1.807) is 0 Å². The molecule has 0 saturated heterocycles. The molecule has 1 amide bonds. The summed E-state index contributed by atoms with van der Waals surface area (Å²) in [6.07, 6.45) is -0.954. The molecule has 0 aromatic heterocycles. The minimum absolute atomic E-state index is 0.0622. The fourth-order valence-electron chi connectivity index (χ4n) is 0.354. The van der Waals surface area contributed by atoms with E-state index in [0.29, 0.717) is 0 Å². The third kappa shape index (κ3) is 5.04. The number of rotatable bonds is 4. The van der Waals surface area contributed by atoms with E-state index in [0.717, 1.165) is 0 Å². The lowest BCUT2D eigenvalue weighted by Crippen LogP contribution is -2.21. The monoisotopic (exact) mass is 147 g/mol. The first-order valence-corrected chi connectivity index (χ1v) is 2.59. The molecule has 5 heteroatoms. The lowest BCUT2D eigenvalue weighted by atomic mass is 10.4. The number of hydrogen-bond acceptors (Lipinski definition) is 4. The largest absolute Gasteiger partial charge is 0.442 e.